The Labute approximate surface area is 217 Å². The summed E-state index contributed by atoms with van der Waals surface area (Å²) in [5.74, 6) is 1.88. The summed E-state index contributed by atoms with van der Waals surface area (Å²) in [7, 11) is -0.460. The highest BCUT2D eigenvalue weighted by Crippen LogP contribution is 2.37. The molecule has 2 heterocycles. The van der Waals surface area contributed by atoms with E-state index in [2.05, 4.69) is 58.0 Å². The molecule has 4 aromatic carbocycles. The minimum Gasteiger partial charge on any atom is -0.399 e. The van der Waals surface area contributed by atoms with Gasteiger partial charge in [-0.3, -0.25) is 0 Å². The van der Waals surface area contributed by atoms with Gasteiger partial charge in [0.2, 0.25) is 0 Å². The fraction of sp³-hybridized carbons (Fsp3) is 0.194. The molecule has 0 N–H and O–H groups in total. The lowest BCUT2D eigenvalue weighted by Crippen LogP contribution is -2.41. The first-order valence-electron chi connectivity index (χ1n) is 12.6. The summed E-state index contributed by atoms with van der Waals surface area (Å²) in [4.78, 5) is 14.8. The van der Waals surface area contributed by atoms with Crippen molar-refractivity contribution in [1.29, 1.82) is 0 Å². The average molecular weight is 485 g/mol. The van der Waals surface area contributed by atoms with Crippen molar-refractivity contribution in [2.75, 3.05) is 0 Å². The van der Waals surface area contributed by atoms with Gasteiger partial charge in [-0.2, -0.15) is 0 Å². The van der Waals surface area contributed by atoms with E-state index in [1.54, 1.807) is 0 Å². The van der Waals surface area contributed by atoms with Crippen molar-refractivity contribution < 1.29 is 9.31 Å². The minimum absolute atomic E-state index is 0.414. The molecule has 182 valence electrons. The average Bonchev–Trinajstić information content (AvgIpc) is 3.15. The van der Waals surface area contributed by atoms with Crippen molar-refractivity contribution in [3.63, 3.8) is 0 Å². The van der Waals surface area contributed by atoms with Crippen LogP contribution in [0.15, 0.2) is 97.1 Å². The fourth-order valence-corrected chi connectivity index (χ4v) is 4.57. The molecule has 0 radical (unpaired) electrons. The molecular weight excluding hydrogens is 457 g/mol. The van der Waals surface area contributed by atoms with Crippen LogP contribution in [-0.4, -0.2) is 33.3 Å². The van der Waals surface area contributed by atoms with Gasteiger partial charge in [0.25, 0.3) is 0 Å². The largest absolute Gasteiger partial charge is 0.494 e. The molecule has 1 saturated heterocycles. The van der Waals surface area contributed by atoms with Gasteiger partial charge in [-0.25, -0.2) is 15.0 Å². The lowest BCUT2D eigenvalue weighted by atomic mass is 9.78. The maximum absolute atomic E-state index is 6.30. The van der Waals surface area contributed by atoms with Gasteiger partial charge in [-0.05, 0) is 43.9 Å². The van der Waals surface area contributed by atoms with Gasteiger partial charge in [0, 0.05) is 16.7 Å². The van der Waals surface area contributed by atoms with E-state index in [-0.39, 0.29) is 0 Å². The van der Waals surface area contributed by atoms with E-state index in [1.807, 2.05) is 66.7 Å². The zero-order valence-corrected chi connectivity index (χ0v) is 21.5. The Morgan fingerprint density at radius 2 is 1.14 bits per heavy atom. The Kier molecular flexibility index (Phi) is 5.66. The van der Waals surface area contributed by atoms with Crippen LogP contribution in [0, 0.1) is 0 Å². The number of aromatic nitrogens is 3. The molecule has 5 nitrogen and oxygen atoms in total. The van der Waals surface area contributed by atoms with Crippen molar-refractivity contribution in [2.24, 2.45) is 0 Å². The maximum Gasteiger partial charge on any atom is 0.494 e. The third kappa shape index (κ3) is 4.33. The molecule has 0 unspecified atom stereocenters. The van der Waals surface area contributed by atoms with E-state index in [0.29, 0.717) is 17.5 Å². The standard InChI is InChI=1S/C31H28BN3O2/c1-30(2)31(3,4)37-32(36-30)24-17-10-16-23(20-24)28-33-27(22-13-6-5-7-14-22)34-29(35-28)26-19-11-15-21-12-8-9-18-25(21)26/h5-20H,1-4H3. The molecule has 0 spiro atoms. The van der Waals surface area contributed by atoms with Crippen molar-refractivity contribution >= 4 is 23.4 Å². The van der Waals surface area contributed by atoms with Gasteiger partial charge in [0.1, 0.15) is 0 Å². The monoisotopic (exact) mass is 485 g/mol. The third-order valence-electron chi connectivity index (χ3n) is 7.37. The fourth-order valence-electron chi connectivity index (χ4n) is 4.57. The molecule has 5 aromatic rings. The lowest BCUT2D eigenvalue weighted by Gasteiger charge is -2.32. The van der Waals surface area contributed by atoms with Gasteiger partial charge in [-0.15, -0.1) is 0 Å². The summed E-state index contributed by atoms with van der Waals surface area (Å²) in [6.07, 6.45) is 0. The van der Waals surface area contributed by atoms with Gasteiger partial charge >= 0.3 is 7.12 Å². The van der Waals surface area contributed by atoms with Gasteiger partial charge in [-0.1, -0.05) is 97.1 Å². The highest BCUT2D eigenvalue weighted by molar-refractivity contribution is 6.62. The molecule has 37 heavy (non-hydrogen) atoms. The number of nitrogens with zero attached hydrogens (tertiary/aromatic N) is 3. The third-order valence-corrected chi connectivity index (χ3v) is 7.37. The molecule has 1 aromatic heterocycles. The van der Waals surface area contributed by atoms with Crippen LogP contribution in [0.2, 0.25) is 0 Å². The molecule has 0 saturated carbocycles. The number of hydrogen-bond donors (Lipinski definition) is 0. The van der Waals surface area contributed by atoms with Crippen LogP contribution in [0.25, 0.3) is 44.9 Å². The second-order valence-corrected chi connectivity index (χ2v) is 10.4. The highest BCUT2D eigenvalue weighted by atomic mass is 16.7. The Morgan fingerprint density at radius 3 is 1.89 bits per heavy atom. The lowest BCUT2D eigenvalue weighted by molar-refractivity contribution is 0.00578. The van der Waals surface area contributed by atoms with Crippen LogP contribution >= 0.6 is 0 Å². The summed E-state index contributed by atoms with van der Waals surface area (Å²) in [5, 5.41) is 2.25. The molecule has 1 aliphatic rings. The Balaban J connectivity index is 1.49. The zero-order chi connectivity index (χ0) is 25.6. The summed E-state index contributed by atoms with van der Waals surface area (Å²) in [5.41, 5.74) is 2.90. The SMILES string of the molecule is CC1(C)OB(c2cccc(-c3nc(-c4ccccc4)nc(-c4cccc5ccccc45)n3)c2)OC1(C)C. The van der Waals surface area contributed by atoms with Crippen molar-refractivity contribution in [3.05, 3.63) is 97.1 Å². The second kappa shape index (κ2) is 8.91. The summed E-state index contributed by atoms with van der Waals surface area (Å²) in [6, 6.07) is 32.6. The Bertz CT molecular complexity index is 1580. The van der Waals surface area contributed by atoms with E-state index in [9.17, 15) is 0 Å². The quantitative estimate of drug-likeness (QED) is 0.279. The minimum atomic E-state index is -0.460. The molecule has 0 aliphatic carbocycles. The normalized spacial score (nSPS) is 16.3. The van der Waals surface area contributed by atoms with Crippen LogP contribution < -0.4 is 5.46 Å². The van der Waals surface area contributed by atoms with Crippen molar-refractivity contribution in [2.45, 2.75) is 38.9 Å². The van der Waals surface area contributed by atoms with Crippen LogP contribution in [0.4, 0.5) is 0 Å². The van der Waals surface area contributed by atoms with Gasteiger partial charge in [0.15, 0.2) is 17.5 Å². The summed E-state index contributed by atoms with van der Waals surface area (Å²) < 4.78 is 12.6. The van der Waals surface area contributed by atoms with Gasteiger partial charge < -0.3 is 9.31 Å². The van der Waals surface area contributed by atoms with Crippen LogP contribution in [0.1, 0.15) is 27.7 Å². The number of benzene rings is 4. The van der Waals surface area contributed by atoms with Gasteiger partial charge in [0.05, 0.1) is 11.2 Å². The van der Waals surface area contributed by atoms with Crippen LogP contribution in [-0.2, 0) is 9.31 Å². The number of fused-ring (bicyclic) bond motifs is 1. The molecular formula is C31H28BN3O2. The topological polar surface area (TPSA) is 57.1 Å². The highest BCUT2D eigenvalue weighted by Gasteiger charge is 2.51. The van der Waals surface area contributed by atoms with E-state index in [1.165, 1.54) is 0 Å². The molecule has 1 fully saturated rings. The molecule has 0 atom stereocenters. The maximum atomic E-state index is 6.30. The molecule has 6 rings (SSSR count). The van der Waals surface area contributed by atoms with E-state index in [4.69, 9.17) is 24.3 Å². The molecule has 1 aliphatic heterocycles. The van der Waals surface area contributed by atoms with E-state index < -0.39 is 18.3 Å². The predicted octanol–water partition coefficient (Wildman–Crippen LogP) is 6.33. The molecule has 0 amide bonds. The number of rotatable bonds is 4. The molecule has 6 heteroatoms. The Hall–Kier alpha value is -3.87. The van der Waals surface area contributed by atoms with Crippen LogP contribution in [0.5, 0.6) is 0 Å². The summed E-state index contributed by atoms with van der Waals surface area (Å²) >= 11 is 0. The first-order chi connectivity index (χ1) is 17.8. The second-order valence-electron chi connectivity index (χ2n) is 10.4. The van der Waals surface area contributed by atoms with Crippen molar-refractivity contribution in [3.8, 4) is 34.2 Å². The van der Waals surface area contributed by atoms with E-state index >= 15 is 0 Å². The van der Waals surface area contributed by atoms with Crippen LogP contribution in [0.3, 0.4) is 0 Å². The molecule has 0 bridgehead atoms. The zero-order valence-electron chi connectivity index (χ0n) is 21.5. The first kappa shape index (κ1) is 23.5. The summed E-state index contributed by atoms with van der Waals surface area (Å²) in [6.45, 7) is 8.24. The van der Waals surface area contributed by atoms with E-state index in [0.717, 1.165) is 32.9 Å². The number of hydrogen-bond acceptors (Lipinski definition) is 5. The smallest absolute Gasteiger partial charge is 0.399 e. The Morgan fingerprint density at radius 1 is 0.568 bits per heavy atom. The van der Waals surface area contributed by atoms with Crippen molar-refractivity contribution in [1.82, 2.24) is 15.0 Å². The first-order valence-corrected chi connectivity index (χ1v) is 12.6. The predicted molar refractivity (Wildman–Crippen MR) is 149 cm³/mol.